The van der Waals surface area contributed by atoms with Gasteiger partial charge in [0, 0.05) is 30.4 Å². The molecule has 1 aromatic rings. The van der Waals surface area contributed by atoms with Gasteiger partial charge in [-0.2, -0.15) is 0 Å². The van der Waals surface area contributed by atoms with Crippen LogP contribution in [0.2, 0.25) is 0 Å². The van der Waals surface area contributed by atoms with Gasteiger partial charge in [-0.25, -0.2) is 4.79 Å². The summed E-state index contributed by atoms with van der Waals surface area (Å²) < 4.78 is 0. The van der Waals surface area contributed by atoms with Gasteiger partial charge in [-0.1, -0.05) is 6.07 Å². The molecule has 1 aliphatic heterocycles. The lowest BCUT2D eigenvalue weighted by Crippen LogP contribution is -2.28. The molecule has 21 heavy (non-hydrogen) atoms. The Bertz CT molecular complexity index is 591. The minimum Gasteiger partial charge on any atom is -0.336 e. The molecule has 1 saturated heterocycles. The van der Waals surface area contributed by atoms with Gasteiger partial charge in [0.1, 0.15) is 0 Å². The van der Waals surface area contributed by atoms with Crippen LogP contribution in [-0.2, 0) is 4.79 Å². The van der Waals surface area contributed by atoms with Crippen LogP contribution in [0, 0.1) is 17.8 Å². The highest BCUT2D eigenvalue weighted by Crippen LogP contribution is 2.54. The number of anilines is 2. The summed E-state index contributed by atoms with van der Waals surface area (Å²) >= 11 is 0. The second kappa shape index (κ2) is 4.76. The van der Waals surface area contributed by atoms with Crippen molar-refractivity contribution in [2.45, 2.75) is 19.3 Å². The van der Waals surface area contributed by atoms with E-state index in [0.29, 0.717) is 13.1 Å². The third-order valence-corrected chi connectivity index (χ3v) is 4.90. The molecule has 0 spiro atoms. The summed E-state index contributed by atoms with van der Waals surface area (Å²) in [5.41, 5.74) is 1.61. The summed E-state index contributed by atoms with van der Waals surface area (Å²) in [5.74, 6) is 1.92. The first kappa shape index (κ1) is 12.7. The summed E-state index contributed by atoms with van der Waals surface area (Å²) in [6.07, 6.45) is 3.42. The number of nitrogens with one attached hydrogen (secondary N) is 2. The fraction of sp³-hybridized carbons (Fsp3) is 0.500. The van der Waals surface area contributed by atoms with E-state index in [1.165, 1.54) is 6.42 Å². The monoisotopic (exact) mass is 285 g/mol. The number of urea groups is 1. The molecule has 5 nitrogen and oxygen atoms in total. The Hall–Kier alpha value is -2.04. The average Bonchev–Trinajstić information content (AvgIpc) is 2.89. The molecule has 2 saturated carbocycles. The molecular formula is C16H19N3O2. The number of carbonyl (C=O) groups excluding carboxylic acids is 2. The molecule has 4 rings (SSSR count). The Morgan fingerprint density at radius 3 is 2.76 bits per heavy atom. The predicted molar refractivity (Wildman–Crippen MR) is 80.1 cm³/mol. The molecule has 2 unspecified atom stereocenters. The first-order valence-electron chi connectivity index (χ1n) is 7.67. The van der Waals surface area contributed by atoms with E-state index in [1.807, 2.05) is 24.3 Å². The fourth-order valence-electron chi connectivity index (χ4n) is 3.64. The van der Waals surface area contributed by atoms with Crippen LogP contribution < -0.4 is 15.5 Å². The quantitative estimate of drug-likeness (QED) is 0.894. The molecule has 5 heteroatoms. The molecule has 3 aliphatic rings. The van der Waals surface area contributed by atoms with E-state index >= 15 is 0 Å². The molecule has 0 radical (unpaired) electrons. The number of fused-ring (bicyclic) bond motifs is 1. The first-order valence-corrected chi connectivity index (χ1v) is 7.67. The van der Waals surface area contributed by atoms with E-state index in [-0.39, 0.29) is 17.9 Å². The van der Waals surface area contributed by atoms with E-state index in [4.69, 9.17) is 0 Å². The minimum absolute atomic E-state index is 0.0747. The zero-order valence-electron chi connectivity index (χ0n) is 11.8. The maximum Gasteiger partial charge on any atom is 0.321 e. The smallest absolute Gasteiger partial charge is 0.321 e. The maximum absolute atomic E-state index is 12.3. The van der Waals surface area contributed by atoms with Gasteiger partial charge in [0.2, 0.25) is 5.91 Å². The first-order chi connectivity index (χ1) is 10.2. The number of rotatable bonds is 3. The lowest BCUT2D eigenvalue weighted by Gasteiger charge is -2.17. The van der Waals surface area contributed by atoms with Crippen LogP contribution in [-0.4, -0.2) is 25.0 Å². The van der Waals surface area contributed by atoms with Gasteiger partial charge in [-0.3, -0.25) is 9.69 Å². The van der Waals surface area contributed by atoms with Crippen LogP contribution >= 0.6 is 0 Å². The Balaban J connectivity index is 1.45. The molecule has 3 amide bonds. The third kappa shape index (κ3) is 2.37. The Morgan fingerprint density at radius 2 is 2.05 bits per heavy atom. The molecule has 1 heterocycles. The largest absolute Gasteiger partial charge is 0.336 e. The lowest BCUT2D eigenvalue weighted by molar-refractivity contribution is -0.120. The fourth-order valence-corrected chi connectivity index (χ4v) is 3.64. The Kier molecular flexibility index (Phi) is 2.87. The van der Waals surface area contributed by atoms with Crippen molar-refractivity contribution in [3.05, 3.63) is 24.3 Å². The summed E-state index contributed by atoms with van der Waals surface area (Å²) in [7, 11) is 0. The zero-order valence-corrected chi connectivity index (χ0v) is 11.8. The number of hydrogen-bond acceptors (Lipinski definition) is 2. The molecule has 2 aliphatic carbocycles. The normalized spacial score (nSPS) is 30.0. The molecule has 2 N–H and O–H groups in total. The lowest BCUT2D eigenvalue weighted by atomic mass is 10.0. The van der Waals surface area contributed by atoms with E-state index in [0.717, 1.165) is 36.1 Å². The van der Waals surface area contributed by atoms with Gasteiger partial charge in [-0.05, 0) is 49.3 Å². The molecule has 0 aromatic heterocycles. The van der Waals surface area contributed by atoms with E-state index in [9.17, 15) is 9.59 Å². The number of amides is 3. The highest BCUT2D eigenvalue weighted by molar-refractivity contribution is 5.96. The van der Waals surface area contributed by atoms with Crippen LogP contribution in [0.15, 0.2) is 24.3 Å². The highest BCUT2D eigenvalue weighted by atomic mass is 16.2. The van der Waals surface area contributed by atoms with E-state index in [1.54, 1.807) is 4.90 Å². The van der Waals surface area contributed by atoms with Crippen molar-refractivity contribution in [2.24, 2.45) is 17.8 Å². The van der Waals surface area contributed by atoms with E-state index in [2.05, 4.69) is 10.6 Å². The molecular weight excluding hydrogens is 266 g/mol. The SMILES string of the molecule is O=C(Nc1cccc(N2CCNC2=O)c1)C1CC2CC2C1. The van der Waals surface area contributed by atoms with Gasteiger partial charge >= 0.3 is 6.03 Å². The van der Waals surface area contributed by atoms with Crippen molar-refractivity contribution < 1.29 is 9.59 Å². The predicted octanol–water partition coefficient (Wildman–Crippen LogP) is 2.20. The standard InChI is InChI=1S/C16H19N3O2/c20-15(12-7-10-6-11(10)8-12)18-13-2-1-3-14(9-13)19-5-4-17-16(19)21/h1-3,9-12H,4-8H2,(H,17,21)(H,18,20). The van der Waals surface area contributed by atoms with Crippen molar-refractivity contribution in [3.63, 3.8) is 0 Å². The minimum atomic E-state index is -0.0747. The second-order valence-corrected chi connectivity index (χ2v) is 6.35. The number of benzene rings is 1. The number of carbonyl (C=O) groups is 2. The summed E-state index contributed by atoms with van der Waals surface area (Å²) in [6.45, 7) is 1.34. The molecule has 110 valence electrons. The number of nitrogens with zero attached hydrogens (tertiary/aromatic N) is 1. The van der Waals surface area contributed by atoms with Gasteiger partial charge in [0.05, 0.1) is 0 Å². The van der Waals surface area contributed by atoms with Crippen LogP contribution in [0.1, 0.15) is 19.3 Å². The number of hydrogen-bond donors (Lipinski definition) is 2. The van der Waals surface area contributed by atoms with Crippen LogP contribution in [0.3, 0.4) is 0 Å². The van der Waals surface area contributed by atoms with Crippen molar-refractivity contribution in [2.75, 3.05) is 23.3 Å². The van der Waals surface area contributed by atoms with Crippen LogP contribution in [0.25, 0.3) is 0 Å². The third-order valence-electron chi connectivity index (χ3n) is 4.90. The van der Waals surface area contributed by atoms with Crippen LogP contribution in [0.4, 0.5) is 16.2 Å². The van der Waals surface area contributed by atoms with Gasteiger partial charge < -0.3 is 10.6 Å². The van der Waals surface area contributed by atoms with Crippen molar-refractivity contribution >= 4 is 23.3 Å². The average molecular weight is 285 g/mol. The molecule has 0 bridgehead atoms. The van der Waals surface area contributed by atoms with Crippen LogP contribution in [0.5, 0.6) is 0 Å². The van der Waals surface area contributed by atoms with Crippen molar-refractivity contribution in [1.29, 1.82) is 0 Å². The Labute approximate surface area is 123 Å². The highest BCUT2D eigenvalue weighted by Gasteiger charge is 2.47. The molecule has 2 atom stereocenters. The van der Waals surface area contributed by atoms with Gasteiger partial charge in [-0.15, -0.1) is 0 Å². The van der Waals surface area contributed by atoms with Crippen molar-refractivity contribution in [3.8, 4) is 0 Å². The molecule has 3 fully saturated rings. The summed E-state index contributed by atoms with van der Waals surface area (Å²) in [6, 6.07) is 7.45. The van der Waals surface area contributed by atoms with E-state index < -0.39 is 0 Å². The second-order valence-electron chi connectivity index (χ2n) is 6.35. The van der Waals surface area contributed by atoms with Crippen molar-refractivity contribution in [1.82, 2.24) is 5.32 Å². The topological polar surface area (TPSA) is 61.4 Å². The Morgan fingerprint density at radius 1 is 1.24 bits per heavy atom. The summed E-state index contributed by atoms with van der Waals surface area (Å²) in [4.78, 5) is 25.7. The molecule has 1 aromatic carbocycles. The zero-order chi connectivity index (χ0) is 14.4. The summed E-state index contributed by atoms with van der Waals surface area (Å²) in [5, 5.41) is 5.79. The maximum atomic E-state index is 12.3. The van der Waals surface area contributed by atoms with Gasteiger partial charge in [0.25, 0.3) is 0 Å². The van der Waals surface area contributed by atoms with Gasteiger partial charge in [0.15, 0.2) is 0 Å².